The molecule has 2 heterocycles. The summed E-state index contributed by atoms with van der Waals surface area (Å²) in [6, 6.07) is 5.90. The third-order valence-electron chi connectivity index (χ3n) is 2.35. The lowest BCUT2D eigenvalue weighted by molar-refractivity contribution is 0.315. The molecule has 0 fully saturated rings. The number of nitrogens with zero attached hydrogens (tertiary/aromatic N) is 4. The van der Waals surface area contributed by atoms with E-state index in [1.807, 2.05) is 30.1 Å². The predicted molar refractivity (Wildman–Crippen MR) is 66.2 cm³/mol. The summed E-state index contributed by atoms with van der Waals surface area (Å²) >= 11 is 1.59. The van der Waals surface area contributed by atoms with Crippen molar-refractivity contribution in [3.05, 3.63) is 46.2 Å². The van der Waals surface area contributed by atoms with Crippen molar-refractivity contribution < 1.29 is 0 Å². The predicted octanol–water partition coefficient (Wildman–Crippen LogP) is 2.04. The SMILES string of the molecule is CN(Cc1cscn1)Cc1cccnc1C#N. The van der Waals surface area contributed by atoms with Gasteiger partial charge in [0.25, 0.3) is 0 Å². The fourth-order valence-electron chi connectivity index (χ4n) is 1.61. The molecular formula is C12H12N4S. The normalized spacial score (nSPS) is 10.4. The van der Waals surface area contributed by atoms with Crippen molar-refractivity contribution in [1.29, 1.82) is 5.26 Å². The Balaban J connectivity index is 2.03. The van der Waals surface area contributed by atoms with Gasteiger partial charge < -0.3 is 0 Å². The number of thiazole rings is 1. The average Bonchev–Trinajstić information content (AvgIpc) is 2.82. The highest BCUT2D eigenvalue weighted by Gasteiger charge is 2.07. The number of hydrogen-bond donors (Lipinski definition) is 0. The van der Waals surface area contributed by atoms with Crippen LogP contribution in [0.5, 0.6) is 0 Å². The Kier molecular flexibility index (Phi) is 3.81. The Bertz CT molecular complexity index is 516. The Morgan fingerprint density at radius 3 is 3.00 bits per heavy atom. The first-order valence-electron chi connectivity index (χ1n) is 5.19. The van der Waals surface area contributed by atoms with Gasteiger partial charge in [-0.3, -0.25) is 4.90 Å². The quantitative estimate of drug-likeness (QED) is 0.826. The Morgan fingerprint density at radius 2 is 2.29 bits per heavy atom. The van der Waals surface area contributed by atoms with E-state index in [0.717, 1.165) is 17.8 Å². The van der Waals surface area contributed by atoms with E-state index in [2.05, 4.69) is 20.9 Å². The molecule has 0 amide bonds. The minimum atomic E-state index is 0.498. The standard InChI is InChI=1S/C12H12N4S/c1-16(7-11-8-17-9-15-11)6-10-3-2-4-14-12(10)5-13/h2-4,8-9H,6-7H2,1H3. The van der Waals surface area contributed by atoms with E-state index >= 15 is 0 Å². The Hall–Kier alpha value is -1.77. The monoisotopic (exact) mass is 244 g/mol. The Morgan fingerprint density at radius 1 is 1.41 bits per heavy atom. The number of pyridine rings is 1. The molecule has 0 N–H and O–H groups in total. The molecule has 86 valence electrons. The average molecular weight is 244 g/mol. The van der Waals surface area contributed by atoms with E-state index in [4.69, 9.17) is 5.26 Å². The van der Waals surface area contributed by atoms with Crippen LogP contribution in [0.15, 0.2) is 29.2 Å². The number of hydrogen-bond acceptors (Lipinski definition) is 5. The maximum atomic E-state index is 8.95. The molecule has 0 atom stereocenters. The molecule has 0 aliphatic heterocycles. The summed E-state index contributed by atoms with van der Waals surface area (Å²) in [7, 11) is 2.01. The molecule has 0 bridgehead atoms. The van der Waals surface area contributed by atoms with Gasteiger partial charge in [-0.2, -0.15) is 5.26 Å². The smallest absolute Gasteiger partial charge is 0.144 e. The summed E-state index contributed by atoms with van der Waals surface area (Å²) in [4.78, 5) is 10.4. The van der Waals surface area contributed by atoms with Crippen LogP contribution in [-0.4, -0.2) is 21.9 Å². The molecule has 0 spiro atoms. The van der Waals surface area contributed by atoms with E-state index in [1.54, 1.807) is 17.5 Å². The molecule has 0 aromatic carbocycles. The zero-order chi connectivity index (χ0) is 12.1. The molecule has 2 aromatic rings. The van der Waals surface area contributed by atoms with E-state index in [0.29, 0.717) is 12.2 Å². The molecular weight excluding hydrogens is 232 g/mol. The fourth-order valence-corrected chi connectivity index (χ4v) is 2.16. The number of rotatable bonds is 4. The lowest BCUT2D eigenvalue weighted by Gasteiger charge is -2.15. The van der Waals surface area contributed by atoms with Gasteiger partial charge in [0.2, 0.25) is 0 Å². The van der Waals surface area contributed by atoms with Crippen molar-refractivity contribution in [2.75, 3.05) is 7.05 Å². The second-order valence-corrected chi connectivity index (χ2v) is 4.49. The molecule has 2 rings (SSSR count). The minimum absolute atomic E-state index is 0.498. The first-order chi connectivity index (χ1) is 8.29. The van der Waals surface area contributed by atoms with Crippen LogP contribution in [0.25, 0.3) is 0 Å². The van der Waals surface area contributed by atoms with Gasteiger partial charge in [0.05, 0.1) is 11.2 Å². The van der Waals surface area contributed by atoms with Crippen LogP contribution in [-0.2, 0) is 13.1 Å². The van der Waals surface area contributed by atoms with Gasteiger partial charge in [0, 0.05) is 30.2 Å². The Labute approximate surface area is 104 Å². The summed E-state index contributed by atoms with van der Waals surface area (Å²) < 4.78 is 0. The van der Waals surface area contributed by atoms with Crippen molar-refractivity contribution >= 4 is 11.3 Å². The summed E-state index contributed by atoms with van der Waals surface area (Å²) in [5, 5.41) is 11.0. The van der Waals surface area contributed by atoms with Gasteiger partial charge in [-0.15, -0.1) is 11.3 Å². The minimum Gasteiger partial charge on any atom is -0.296 e. The highest BCUT2D eigenvalue weighted by Crippen LogP contribution is 2.10. The summed E-state index contributed by atoms with van der Waals surface area (Å²) in [5.74, 6) is 0. The lowest BCUT2D eigenvalue weighted by atomic mass is 10.2. The summed E-state index contributed by atoms with van der Waals surface area (Å²) in [6.45, 7) is 1.48. The van der Waals surface area contributed by atoms with Gasteiger partial charge in [-0.1, -0.05) is 6.07 Å². The summed E-state index contributed by atoms with van der Waals surface area (Å²) in [5.41, 5.74) is 4.33. The van der Waals surface area contributed by atoms with Crippen molar-refractivity contribution in [2.24, 2.45) is 0 Å². The molecule has 0 aliphatic carbocycles. The van der Waals surface area contributed by atoms with Gasteiger partial charge in [-0.05, 0) is 13.1 Å². The lowest BCUT2D eigenvalue weighted by Crippen LogP contribution is -2.18. The largest absolute Gasteiger partial charge is 0.296 e. The van der Waals surface area contributed by atoms with Crippen LogP contribution < -0.4 is 0 Å². The van der Waals surface area contributed by atoms with Gasteiger partial charge in [0.1, 0.15) is 11.8 Å². The van der Waals surface area contributed by atoms with Gasteiger partial charge in [0.15, 0.2) is 0 Å². The molecule has 0 saturated carbocycles. The molecule has 0 saturated heterocycles. The van der Waals surface area contributed by atoms with E-state index in [-0.39, 0.29) is 0 Å². The van der Waals surface area contributed by atoms with Gasteiger partial charge >= 0.3 is 0 Å². The van der Waals surface area contributed by atoms with Crippen LogP contribution in [0, 0.1) is 11.3 Å². The summed E-state index contributed by atoms with van der Waals surface area (Å²) in [6.07, 6.45) is 1.64. The molecule has 0 radical (unpaired) electrons. The topological polar surface area (TPSA) is 52.8 Å². The second kappa shape index (κ2) is 5.53. The van der Waals surface area contributed by atoms with Crippen molar-refractivity contribution in [1.82, 2.24) is 14.9 Å². The number of nitriles is 1. The van der Waals surface area contributed by atoms with Crippen LogP contribution in [0.4, 0.5) is 0 Å². The highest BCUT2D eigenvalue weighted by atomic mass is 32.1. The maximum absolute atomic E-state index is 8.95. The third kappa shape index (κ3) is 3.09. The first-order valence-corrected chi connectivity index (χ1v) is 6.13. The highest BCUT2D eigenvalue weighted by molar-refractivity contribution is 7.07. The molecule has 17 heavy (non-hydrogen) atoms. The molecule has 4 nitrogen and oxygen atoms in total. The van der Waals surface area contributed by atoms with Gasteiger partial charge in [-0.25, -0.2) is 9.97 Å². The van der Waals surface area contributed by atoms with Crippen LogP contribution in [0.3, 0.4) is 0 Å². The maximum Gasteiger partial charge on any atom is 0.144 e. The fraction of sp³-hybridized carbons (Fsp3) is 0.250. The zero-order valence-electron chi connectivity index (χ0n) is 9.50. The molecule has 0 aliphatic rings. The second-order valence-electron chi connectivity index (χ2n) is 3.78. The zero-order valence-corrected chi connectivity index (χ0v) is 10.3. The van der Waals surface area contributed by atoms with E-state index < -0.39 is 0 Å². The van der Waals surface area contributed by atoms with Crippen LogP contribution in [0.2, 0.25) is 0 Å². The van der Waals surface area contributed by atoms with Crippen molar-refractivity contribution in [3.63, 3.8) is 0 Å². The number of aromatic nitrogens is 2. The molecule has 2 aromatic heterocycles. The first kappa shape index (κ1) is 11.7. The van der Waals surface area contributed by atoms with Crippen molar-refractivity contribution in [3.8, 4) is 6.07 Å². The van der Waals surface area contributed by atoms with E-state index in [9.17, 15) is 0 Å². The van der Waals surface area contributed by atoms with E-state index in [1.165, 1.54) is 0 Å². The van der Waals surface area contributed by atoms with Crippen LogP contribution >= 0.6 is 11.3 Å². The third-order valence-corrected chi connectivity index (χ3v) is 2.99. The molecule has 0 unspecified atom stereocenters. The van der Waals surface area contributed by atoms with Crippen LogP contribution in [0.1, 0.15) is 17.0 Å². The molecule has 5 heteroatoms. The van der Waals surface area contributed by atoms with Crippen molar-refractivity contribution in [2.45, 2.75) is 13.1 Å².